The van der Waals surface area contributed by atoms with Gasteiger partial charge in [-0.2, -0.15) is 4.31 Å². The summed E-state index contributed by atoms with van der Waals surface area (Å²) in [6.07, 6.45) is 0.675. The molecular weight excluding hydrogens is 472 g/mol. The summed E-state index contributed by atoms with van der Waals surface area (Å²) in [6, 6.07) is 21.1. The summed E-state index contributed by atoms with van der Waals surface area (Å²) in [7, 11) is -1.92. The summed E-state index contributed by atoms with van der Waals surface area (Å²) < 4.78 is 33.8. The highest BCUT2D eigenvalue weighted by molar-refractivity contribution is 7.89. The molecule has 36 heavy (non-hydrogen) atoms. The summed E-state index contributed by atoms with van der Waals surface area (Å²) in [5.74, 6) is 2.40. The first-order valence-electron chi connectivity index (χ1n) is 12.1. The minimum atomic E-state index is -3.58. The number of aryl methyl sites for hydroxylation is 2. The molecule has 0 saturated carbocycles. The lowest BCUT2D eigenvalue weighted by Gasteiger charge is -2.36. The van der Waals surface area contributed by atoms with Gasteiger partial charge in [0.05, 0.1) is 12.0 Å². The van der Waals surface area contributed by atoms with Crippen LogP contribution in [0.4, 0.5) is 5.82 Å². The molecule has 0 bridgehead atoms. The Morgan fingerprint density at radius 3 is 2.36 bits per heavy atom. The lowest BCUT2D eigenvalue weighted by atomic mass is 10.0. The molecule has 3 aromatic carbocycles. The SMILES string of the molecule is COc1cccc(Cc2c(C)nc(C)nc2N2CCN(S(=O)(=O)c3ccc4ccccc4c3)CC2)c1. The van der Waals surface area contributed by atoms with E-state index in [9.17, 15) is 8.42 Å². The molecule has 2 heterocycles. The predicted octanol–water partition coefficient (Wildman–Crippen LogP) is 4.36. The van der Waals surface area contributed by atoms with Crippen LogP contribution in [0.15, 0.2) is 71.6 Å². The number of rotatable bonds is 6. The molecule has 0 aliphatic carbocycles. The second-order valence-corrected chi connectivity index (χ2v) is 11.0. The van der Waals surface area contributed by atoms with Gasteiger partial charge in [0.1, 0.15) is 17.4 Å². The van der Waals surface area contributed by atoms with E-state index in [1.54, 1.807) is 23.5 Å². The summed E-state index contributed by atoms with van der Waals surface area (Å²) in [5.41, 5.74) is 3.11. The first-order valence-corrected chi connectivity index (χ1v) is 13.5. The van der Waals surface area contributed by atoms with Crippen molar-refractivity contribution in [2.45, 2.75) is 25.2 Å². The van der Waals surface area contributed by atoms with Crippen LogP contribution < -0.4 is 9.64 Å². The van der Waals surface area contributed by atoms with Gasteiger partial charge >= 0.3 is 0 Å². The number of piperazine rings is 1. The topological polar surface area (TPSA) is 75.6 Å². The Morgan fingerprint density at radius 1 is 0.861 bits per heavy atom. The smallest absolute Gasteiger partial charge is 0.243 e. The summed E-state index contributed by atoms with van der Waals surface area (Å²) >= 11 is 0. The number of methoxy groups -OCH3 is 1. The fourth-order valence-corrected chi connectivity index (χ4v) is 6.25. The Kier molecular flexibility index (Phi) is 6.64. The van der Waals surface area contributed by atoms with Crippen molar-refractivity contribution in [1.82, 2.24) is 14.3 Å². The van der Waals surface area contributed by atoms with E-state index in [2.05, 4.69) is 16.0 Å². The van der Waals surface area contributed by atoms with Crippen LogP contribution in [0, 0.1) is 13.8 Å². The molecule has 0 atom stereocenters. The van der Waals surface area contributed by atoms with E-state index >= 15 is 0 Å². The lowest BCUT2D eigenvalue weighted by Crippen LogP contribution is -2.49. The van der Waals surface area contributed by atoms with Crippen LogP contribution in [0.2, 0.25) is 0 Å². The number of benzene rings is 3. The number of aromatic nitrogens is 2. The Bertz CT molecular complexity index is 1510. The van der Waals surface area contributed by atoms with Gasteiger partial charge in [-0.25, -0.2) is 18.4 Å². The maximum Gasteiger partial charge on any atom is 0.243 e. The summed E-state index contributed by atoms with van der Waals surface area (Å²) in [5, 5.41) is 1.95. The molecule has 1 aromatic heterocycles. The maximum absolute atomic E-state index is 13.4. The lowest BCUT2D eigenvalue weighted by molar-refractivity contribution is 0.383. The van der Waals surface area contributed by atoms with Crippen molar-refractivity contribution in [3.8, 4) is 5.75 Å². The molecule has 1 saturated heterocycles. The fourth-order valence-electron chi connectivity index (χ4n) is 4.79. The summed E-state index contributed by atoms with van der Waals surface area (Å²) in [6.45, 7) is 5.83. The second kappa shape index (κ2) is 9.87. The highest BCUT2D eigenvalue weighted by atomic mass is 32.2. The van der Waals surface area contributed by atoms with E-state index in [0.717, 1.165) is 39.2 Å². The van der Waals surface area contributed by atoms with Crippen molar-refractivity contribution in [2.24, 2.45) is 0 Å². The van der Waals surface area contributed by atoms with Gasteiger partial charge in [0.2, 0.25) is 10.0 Å². The minimum Gasteiger partial charge on any atom is -0.497 e. The zero-order valence-corrected chi connectivity index (χ0v) is 21.6. The van der Waals surface area contributed by atoms with E-state index in [4.69, 9.17) is 9.72 Å². The molecule has 1 fully saturated rings. The van der Waals surface area contributed by atoms with Gasteiger partial charge in [-0.05, 0) is 54.4 Å². The van der Waals surface area contributed by atoms with Gasteiger partial charge in [0.15, 0.2) is 0 Å². The third kappa shape index (κ3) is 4.79. The molecule has 7 nitrogen and oxygen atoms in total. The zero-order valence-electron chi connectivity index (χ0n) is 20.8. The number of nitrogens with zero attached hydrogens (tertiary/aromatic N) is 4. The standard InChI is InChI=1S/C28H30N4O3S/c1-20-27(18-22-7-6-10-25(17-22)35-3)28(30-21(2)29-20)31-13-15-32(16-14-31)36(33,34)26-12-11-23-8-4-5-9-24(23)19-26/h4-12,17,19H,13-16,18H2,1-3H3. The Balaban J connectivity index is 1.37. The van der Waals surface area contributed by atoms with Gasteiger partial charge in [-0.15, -0.1) is 0 Å². The Hall–Kier alpha value is -3.49. The first-order chi connectivity index (χ1) is 17.3. The molecule has 0 unspecified atom stereocenters. The predicted molar refractivity (Wildman–Crippen MR) is 142 cm³/mol. The molecule has 5 rings (SSSR count). The number of sulfonamides is 1. The van der Waals surface area contributed by atoms with Gasteiger partial charge in [0, 0.05) is 43.9 Å². The quantitative estimate of drug-likeness (QED) is 0.390. The average molecular weight is 503 g/mol. The molecule has 8 heteroatoms. The van der Waals surface area contributed by atoms with Crippen LogP contribution in [0.25, 0.3) is 10.8 Å². The Labute approximate surface area is 212 Å². The number of fused-ring (bicyclic) bond motifs is 1. The third-order valence-electron chi connectivity index (χ3n) is 6.72. The van der Waals surface area contributed by atoms with Crippen molar-refractivity contribution in [3.05, 3.63) is 89.4 Å². The molecule has 0 amide bonds. The summed E-state index contributed by atoms with van der Waals surface area (Å²) in [4.78, 5) is 11.9. The number of hydrogen-bond donors (Lipinski definition) is 0. The molecule has 1 aliphatic heterocycles. The Morgan fingerprint density at radius 2 is 1.61 bits per heavy atom. The van der Waals surface area contributed by atoms with Crippen LogP contribution in [0.5, 0.6) is 5.75 Å². The molecule has 186 valence electrons. The average Bonchev–Trinajstić information content (AvgIpc) is 2.90. The highest BCUT2D eigenvalue weighted by Gasteiger charge is 2.30. The largest absolute Gasteiger partial charge is 0.497 e. The van der Waals surface area contributed by atoms with Gasteiger partial charge in [-0.3, -0.25) is 0 Å². The number of hydrogen-bond acceptors (Lipinski definition) is 6. The van der Waals surface area contributed by atoms with Gasteiger partial charge in [0.25, 0.3) is 0 Å². The number of ether oxygens (including phenoxy) is 1. The van der Waals surface area contributed by atoms with Gasteiger partial charge in [-0.1, -0.05) is 42.5 Å². The van der Waals surface area contributed by atoms with Crippen molar-refractivity contribution < 1.29 is 13.2 Å². The van der Waals surface area contributed by atoms with E-state index in [0.29, 0.717) is 43.3 Å². The fraction of sp³-hybridized carbons (Fsp3) is 0.286. The van der Waals surface area contributed by atoms with Crippen LogP contribution >= 0.6 is 0 Å². The van der Waals surface area contributed by atoms with Gasteiger partial charge < -0.3 is 9.64 Å². The molecule has 0 N–H and O–H groups in total. The van der Waals surface area contributed by atoms with E-state index in [-0.39, 0.29) is 0 Å². The third-order valence-corrected chi connectivity index (χ3v) is 8.61. The first kappa shape index (κ1) is 24.2. The molecule has 4 aromatic rings. The maximum atomic E-state index is 13.4. The molecule has 0 radical (unpaired) electrons. The molecule has 1 aliphatic rings. The van der Waals surface area contributed by atoms with Crippen molar-refractivity contribution in [3.63, 3.8) is 0 Å². The minimum absolute atomic E-state index is 0.335. The van der Waals surface area contributed by atoms with Crippen LogP contribution in [0.1, 0.15) is 22.6 Å². The molecule has 0 spiro atoms. The second-order valence-electron chi connectivity index (χ2n) is 9.09. The molecular formula is C28H30N4O3S. The van der Waals surface area contributed by atoms with Crippen LogP contribution in [-0.2, 0) is 16.4 Å². The number of anilines is 1. The van der Waals surface area contributed by atoms with E-state index < -0.39 is 10.0 Å². The monoisotopic (exact) mass is 502 g/mol. The van der Waals surface area contributed by atoms with E-state index in [1.165, 1.54) is 0 Å². The van der Waals surface area contributed by atoms with Crippen LogP contribution in [0.3, 0.4) is 0 Å². The van der Waals surface area contributed by atoms with Crippen LogP contribution in [-0.4, -0.2) is 56.0 Å². The van der Waals surface area contributed by atoms with Crippen molar-refractivity contribution >= 4 is 26.6 Å². The highest BCUT2D eigenvalue weighted by Crippen LogP contribution is 2.28. The van der Waals surface area contributed by atoms with Crippen molar-refractivity contribution in [2.75, 3.05) is 38.2 Å². The normalized spacial score (nSPS) is 14.8. The van der Waals surface area contributed by atoms with Crippen molar-refractivity contribution in [1.29, 1.82) is 0 Å². The van der Waals surface area contributed by atoms with E-state index in [1.807, 2.05) is 62.4 Å². The zero-order chi connectivity index (χ0) is 25.3.